The Morgan fingerprint density at radius 1 is 1.24 bits per heavy atom. The number of rotatable bonds is 5. The number of carbonyl (C=O) groups excluding carboxylic acids is 1. The van der Waals surface area contributed by atoms with Crippen molar-refractivity contribution in [2.24, 2.45) is 0 Å². The van der Waals surface area contributed by atoms with E-state index in [1.165, 1.54) is 6.92 Å². The first-order valence-electron chi connectivity index (χ1n) is 7.74. The zero-order valence-corrected chi connectivity index (χ0v) is 13.9. The number of anilines is 2. The van der Waals surface area contributed by atoms with Gasteiger partial charge in [-0.1, -0.05) is 18.2 Å². The Morgan fingerprint density at radius 2 is 2.04 bits per heavy atom. The van der Waals surface area contributed by atoms with Gasteiger partial charge in [0.15, 0.2) is 0 Å². The molecule has 3 rings (SSSR count). The molecule has 2 aromatic carbocycles. The number of benzene rings is 2. The molecule has 0 aliphatic carbocycles. The lowest BCUT2D eigenvalue weighted by Gasteiger charge is -2.12. The minimum absolute atomic E-state index is 0.177. The molecule has 0 saturated heterocycles. The Kier molecular flexibility index (Phi) is 4.65. The number of para-hydroxylation sites is 1. The average Bonchev–Trinajstić information content (AvgIpc) is 2.60. The fourth-order valence-electron chi connectivity index (χ4n) is 2.51. The molecule has 0 fully saturated rings. The molecular formula is C18H18N4O3. The summed E-state index contributed by atoms with van der Waals surface area (Å²) in [6.45, 7) is 1.87. The largest absolute Gasteiger partial charge is 0.495 e. The highest BCUT2D eigenvalue weighted by molar-refractivity contribution is 5.90. The van der Waals surface area contributed by atoms with Gasteiger partial charge >= 0.3 is 0 Å². The highest BCUT2D eigenvalue weighted by Gasteiger charge is 2.07. The lowest BCUT2D eigenvalue weighted by molar-refractivity contribution is -0.114. The Hall–Kier alpha value is -3.35. The van der Waals surface area contributed by atoms with Crippen LogP contribution in [0.1, 0.15) is 12.5 Å². The fraction of sp³-hybridized carbons (Fsp3) is 0.167. The highest BCUT2D eigenvalue weighted by Crippen LogP contribution is 2.25. The number of nitrogens with zero attached hydrogens (tertiary/aromatic N) is 1. The van der Waals surface area contributed by atoms with E-state index in [9.17, 15) is 9.59 Å². The molecule has 1 heterocycles. The van der Waals surface area contributed by atoms with Gasteiger partial charge in [-0.05, 0) is 29.8 Å². The van der Waals surface area contributed by atoms with Crippen molar-refractivity contribution in [2.45, 2.75) is 13.5 Å². The van der Waals surface area contributed by atoms with E-state index >= 15 is 0 Å². The number of nitrogens with one attached hydrogen (secondary N) is 3. The summed E-state index contributed by atoms with van der Waals surface area (Å²) in [5, 5.41) is 6.37. The molecule has 3 aromatic rings. The molecule has 25 heavy (non-hydrogen) atoms. The summed E-state index contributed by atoms with van der Waals surface area (Å²) in [7, 11) is 1.54. The van der Waals surface area contributed by atoms with E-state index in [2.05, 4.69) is 20.6 Å². The number of fused-ring (bicyclic) bond motifs is 1. The number of hydrogen-bond acceptors (Lipinski definition) is 5. The second kappa shape index (κ2) is 7.04. The van der Waals surface area contributed by atoms with E-state index in [0.29, 0.717) is 34.8 Å². The van der Waals surface area contributed by atoms with Crippen LogP contribution >= 0.6 is 0 Å². The van der Waals surface area contributed by atoms with E-state index in [1.54, 1.807) is 31.4 Å². The van der Waals surface area contributed by atoms with Crippen molar-refractivity contribution in [3.8, 4) is 5.75 Å². The molecule has 128 valence electrons. The van der Waals surface area contributed by atoms with E-state index in [0.717, 1.165) is 5.56 Å². The summed E-state index contributed by atoms with van der Waals surface area (Å²) in [4.78, 5) is 30.5. The molecular weight excluding hydrogens is 320 g/mol. The van der Waals surface area contributed by atoms with Gasteiger partial charge in [0.25, 0.3) is 5.56 Å². The smallest absolute Gasteiger partial charge is 0.260 e. The summed E-state index contributed by atoms with van der Waals surface area (Å²) in [5.74, 6) is 0.792. The van der Waals surface area contributed by atoms with Crippen LogP contribution in [0.25, 0.3) is 10.9 Å². The van der Waals surface area contributed by atoms with Gasteiger partial charge in [-0.15, -0.1) is 0 Å². The van der Waals surface area contributed by atoms with Crippen molar-refractivity contribution in [3.63, 3.8) is 0 Å². The van der Waals surface area contributed by atoms with E-state index < -0.39 is 0 Å². The van der Waals surface area contributed by atoms with Crippen LogP contribution in [0.5, 0.6) is 5.75 Å². The molecule has 0 spiro atoms. The number of H-pyrrole nitrogens is 1. The molecule has 0 saturated carbocycles. The van der Waals surface area contributed by atoms with E-state index in [4.69, 9.17) is 4.74 Å². The minimum atomic E-state index is -0.193. The van der Waals surface area contributed by atoms with Crippen LogP contribution in [0.4, 0.5) is 11.6 Å². The lowest BCUT2D eigenvalue weighted by Crippen LogP contribution is -2.13. The fourth-order valence-corrected chi connectivity index (χ4v) is 2.51. The second-order valence-corrected chi connectivity index (χ2v) is 5.50. The molecule has 7 heteroatoms. The van der Waals surface area contributed by atoms with Crippen LogP contribution in [0.2, 0.25) is 0 Å². The zero-order valence-electron chi connectivity index (χ0n) is 13.9. The highest BCUT2D eigenvalue weighted by atomic mass is 16.5. The van der Waals surface area contributed by atoms with Crippen molar-refractivity contribution in [1.29, 1.82) is 0 Å². The maximum atomic E-state index is 12.1. The number of aromatic nitrogens is 2. The topological polar surface area (TPSA) is 96.1 Å². The number of hydrogen-bond donors (Lipinski definition) is 3. The Morgan fingerprint density at radius 3 is 2.80 bits per heavy atom. The molecule has 1 amide bonds. The van der Waals surface area contributed by atoms with Gasteiger partial charge in [0.1, 0.15) is 5.75 Å². The number of amides is 1. The van der Waals surface area contributed by atoms with Crippen molar-refractivity contribution in [3.05, 3.63) is 58.4 Å². The van der Waals surface area contributed by atoms with E-state index in [-0.39, 0.29) is 11.5 Å². The normalized spacial score (nSPS) is 10.5. The first kappa shape index (κ1) is 16.5. The predicted octanol–water partition coefficient (Wildman–Crippen LogP) is 2.50. The van der Waals surface area contributed by atoms with Gasteiger partial charge in [0.05, 0.1) is 23.7 Å². The number of aromatic amines is 1. The Bertz CT molecular complexity index is 981. The van der Waals surface area contributed by atoms with Gasteiger partial charge in [-0.2, -0.15) is 0 Å². The molecule has 0 aliphatic rings. The van der Waals surface area contributed by atoms with Crippen molar-refractivity contribution in [1.82, 2.24) is 9.97 Å². The monoisotopic (exact) mass is 338 g/mol. The third-order valence-electron chi connectivity index (χ3n) is 3.65. The summed E-state index contributed by atoms with van der Waals surface area (Å²) in [6, 6.07) is 12.6. The average molecular weight is 338 g/mol. The molecule has 7 nitrogen and oxygen atoms in total. The Labute approximate surface area is 144 Å². The summed E-state index contributed by atoms with van der Waals surface area (Å²) >= 11 is 0. The number of ether oxygens (including phenoxy) is 1. The molecule has 0 unspecified atom stereocenters. The molecule has 0 aliphatic heterocycles. The molecule has 0 radical (unpaired) electrons. The minimum Gasteiger partial charge on any atom is -0.495 e. The predicted molar refractivity (Wildman–Crippen MR) is 97.0 cm³/mol. The first-order chi connectivity index (χ1) is 12.1. The molecule has 0 atom stereocenters. The maximum absolute atomic E-state index is 12.1. The molecule has 1 aromatic heterocycles. The first-order valence-corrected chi connectivity index (χ1v) is 7.74. The van der Waals surface area contributed by atoms with Crippen LogP contribution in [0.3, 0.4) is 0 Å². The molecule has 3 N–H and O–H groups in total. The SMILES string of the molecule is COc1ccc(CNc2nc3ccccc3c(=O)[nH]2)cc1NC(C)=O. The Balaban J connectivity index is 1.81. The maximum Gasteiger partial charge on any atom is 0.260 e. The van der Waals surface area contributed by atoms with Crippen LogP contribution < -0.4 is 20.9 Å². The zero-order chi connectivity index (χ0) is 17.8. The van der Waals surface area contributed by atoms with Crippen LogP contribution in [0.15, 0.2) is 47.3 Å². The van der Waals surface area contributed by atoms with Gasteiger partial charge in [0.2, 0.25) is 11.9 Å². The van der Waals surface area contributed by atoms with Gasteiger partial charge in [0, 0.05) is 13.5 Å². The van der Waals surface area contributed by atoms with Crippen LogP contribution in [0, 0.1) is 0 Å². The van der Waals surface area contributed by atoms with E-state index in [1.807, 2.05) is 18.2 Å². The van der Waals surface area contributed by atoms with Gasteiger partial charge in [-0.25, -0.2) is 4.98 Å². The standard InChI is InChI=1S/C18H18N4O3/c1-11(23)20-15-9-12(7-8-16(15)25-2)10-19-18-21-14-6-4-3-5-13(14)17(24)22-18/h3-9H,10H2,1-2H3,(H,20,23)(H2,19,21,22,24). The third kappa shape index (κ3) is 3.77. The summed E-state index contributed by atoms with van der Waals surface area (Å²) in [5.41, 5.74) is 1.93. The number of carbonyl (C=O) groups is 1. The summed E-state index contributed by atoms with van der Waals surface area (Å²) in [6.07, 6.45) is 0. The lowest BCUT2D eigenvalue weighted by atomic mass is 10.2. The third-order valence-corrected chi connectivity index (χ3v) is 3.65. The quantitative estimate of drug-likeness (QED) is 0.664. The van der Waals surface area contributed by atoms with Crippen molar-refractivity contribution < 1.29 is 9.53 Å². The van der Waals surface area contributed by atoms with Crippen LogP contribution in [-0.2, 0) is 11.3 Å². The van der Waals surface area contributed by atoms with Gasteiger partial charge in [-0.3, -0.25) is 14.6 Å². The molecule has 0 bridgehead atoms. The van der Waals surface area contributed by atoms with Crippen molar-refractivity contribution >= 4 is 28.4 Å². The second-order valence-electron chi connectivity index (χ2n) is 5.50. The van der Waals surface area contributed by atoms with Crippen molar-refractivity contribution in [2.75, 3.05) is 17.7 Å². The van der Waals surface area contributed by atoms with Gasteiger partial charge < -0.3 is 15.4 Å². The van der Waals surface area contributed by atoms with Crippen LogP contribution in [-0.4, -0.2) is 23.0 Å². The number of methoxy groups -OCH3 is 1. The summed E-state index contributed by atoms with van der Waals surface area (Å²) < 4.78 is 5.23.